The molecule has 0 aliphatic carbocycles. The fourth-order valence-electron chi connectivity index (χ4n) is 1.70. The number of carbonyl (C=O) groups excluding carboxylic acids is 1. The number of nitrogens with one attached hydrogen (secondary N) is 1. The van der Waals surface area contributed by atoms with Crippen LogP contribution in [0.2, 0.25) is 0 Å². The van der Waals surface area contributed by atoms with Crippen molar-refractivity contribution in [2.24, 2.45) is 0 Å². The first-order valence-electron chi connectivity index (χ1n) is 4.79. The van der Waals surface area contributed by atoms with E-state index in [1.54, 1.807) is 6.07 Å². The molecule has 86 valence electrons. The molecule has 1 aromatic carbocycles. The van der Waals surface area contributed by atoms with Gasteiger partial charge in [0, 0.05) is 21.5 Å². The summed E-state index contributed by atoms with van der Waals surface area (Å²) in [7, 11) is 0. The molecule has 0 aromatic heterocycles. The number of carbonyl (C=O) groups is 1. The van der Waals surface area contributed by atoms with Crippen LogP contribution in [0.3, 0.4) is 0 Å². The zero-order chi connectivity index (χ0) is 11.7. The molecule has 7 heteroatoms. The van der Waals surface area contributed by atoms with Gasteiger partial charge in [0.25, 0.3) is 0 Å². The largest absolute Gasteiger partial charge is 1.00 e. The molecule has 0 spiro atoms. The first kappa shape index (κ1) is 15.3. The minimum Gasteiger partial charge on any atom is -0.768 e. The molecule has 0 saturated carbocycles. The summed E-state index contributed by atoms with van der Waals surface area (Å²) in [5.74, 6) is -0.0660. The van der Waals surface area contributed by atoms with Crippen LogP contribution >= 0.6 is 15.9 Å². The number of hydrogen-bond acceptors (Lipinski definition) is 3. The minimum atomic E-state index is -2.30. The standard InChI is InChI=1S/C10H10BrNO3S.Na/c11-7-4-6-2-1-3-10(13)12-8(6)5-9(7)16(14)15;/h4-5H,1-3H2,(H,12,13)(H,14,15);/q;+1/p-1. The molecule has 1 heterocycles. The van der Waals surface area contributed by atoms with Crippen molar-refractivity contribution in [1.82, 2.24) is 0 Å². The number of benzene rings is 1. The Bertz CT molecular complexity index is 481. The Hall–Kier alpha value is 0.280. The number of halogens is 1. The molecule has 1 aliphatic heterocycles. The predicted octanol–water partition coefficient (Wildman–Crippen LogP) is -1.03. The van der Waals surface area contributed by atoms with Crippen LogP contribution in [0, 0.1) is 0 Å². The molecule has 0 radical (unpaired) electrons. The van der Waals surface area contributed by atoms with Crippen molar-refractivity contribution < 1.29 is 43.1 Å². The third-order valence-corrected chi connectivity index (χ3v) is 4.08. The molecule has 1 amide bonds. The molecule has 1 unspecified atom stereocenters. The van der Waals surface area contributed by atoms with Crippen LogP contribution in [0.25, 0.3) is 0 Å². The van der Waals surface area contributed by atoms with Gasteiger partial charge in [0.1, 0.15) is 0 Å². The average Bonchev–Trinajstić information content (AvgIpc) is 2.37. The van der Waals surface area contributed by atoms with Crippen LogP contribution in [0.1, 0.15) is 18.4 Å². The fraction of sp³-hybridized carbons (Fsp3) is 0.300. The Morgan fingerprint density at radius 2 is 2.06 bits per heavy atom. The normalized spacial score (nSPS) is 16.2. The van der Waals surface area contributed by atoms with Gasteiger partial charge in [-0.15, -0.1) is 0 Å². The van der Waals surface area contributed by atoms with Gasteiger partial charge in [0.05, 0.1) is 0 Å². The maximum absolute atomic E-state index is 11.3. The summed E-state index contributed by atoms with van der Waals surface area (Å²) in [6.45, 7) is 0. The summed E-state index contributed by atoms with van der Waals surface area (Å²) < 4.78 is 22.4. The van der Waals surface area contributed by atoms with Gasteiger partial charge in [0.2, 0.25) is 5.91 Å². The molecule has 2 rings (SSSR count). The van der Waals surface area contributed by atoms with Crippen LogP contribution < -0.4 is 34.9 Å². The van der Waals surface area contributed by atoms with E-state index >= 15 is 0 Å². The predicted molar refractivity (Wildman–Crippen MR) is 62.9 cm³/mol. The van der Waals surface area contributed by atoms with Gasteiger partial charge in [-0.25, -0.2) is 0 Å². The van der Waals surface area contributed by atoms with Gasteiger partial charge in [-0.2, -0.15) is 0 Å². The van der Waals surface area contributed by atoms with Crippen molar-refractivity contribution in [1.29, 1.82) is 0 Å². The van der Waals surface area contributed by atoms with Crippen LogP contribution in [0.15, 0.2) is 21.5 Å². The Morgan fingerprint density at radius 1 is 1.35 bits per heavy atom. The summed E-state index contributed by atoms with van der Waals surface area (Å²) in [4.78, 5) is 11.5. The molecule has 4 nitrogen and oxygen atoms in total. The first-order valence-corrected chi connectivity index (χ1v) is 6.66. The molecule has 0 fully saturated rings. The minimum absolute atomic E-state index is 0. The number of hydrogen-bond donors (Lipinski definition) is 1. The van der Waals surface area contributed by atoms with Crippen molar-refractivity contribution in [3.8, 4) is 0 Å². The third-order valence-electron chi connectivity index (χ3n) is 2.46. The molecule has 0 saturated heterocycles. The zero-order valence-electron chi connectivity index (χ0n) is 9.29. The second-order valence-electron chi connectivity index (χ2n) is 3.58. The van der Waals surface area contributed by atoms with E-state index in [1.807, 2.05) is 0 Å². The van der Waals surface area contributed by atoms with Gasteiger partial charge in [-0.1, -0.05) is 0 Å². The van der Waals surface area contributed by atoms with Crippen LogP contribution in [-0.4, -0.2) is 14.7 Å². The van der Waals surface area contributed by atoms with Gasteiger partial charge in [-0.05, 0) is 57.5 Å². The Morgan fingerprint density at radius 3 is 2.71 bits per heavy atom. The van der Waals surface area contributed by atoms with Gasteiger partial charge >= 0.3 is 29.6 Å². The Kier molecular flexibility index (Phi) is 5.82. The van der Waals surface area contributed by atoms with E-state index in [4.69, 9.17) is 0 Å². The molecule has 1 aliphatic rings. The Labute approximate surface area is 132 Å². The van der Waals surface area contributed by atoms with E-state index in [9.17, 15) is 13.6 Å². The third kappa shape index (κ3) is 3.62. The summed E-state index contributed by atoms with van der Waals surface area (Å²) >= 11 is 0.907. The van der Waals surface area contributed by atoms with E-state index in [2.05, 4.69) is 21.2 Å². The van der Waals surface area contributed by atoms with E-state index in [0.717, 1.165) is 18.4 Å². The zero-order valence-corrected chi connectivity index (χ0v) is 13.7. The van der Waals surface area contributed by atoms with Crippen LogP contribution in [0.4, 0.5) is 5.69 Å². The topological polar surface area (TPSA) is 69.2 Å². The summed E-state index contributed by atoms with van der Waals surface area (Å²) in [6.07, 6.45) is 2.03. The molecular formula is C10H9BrNNaO3S. The van der Waals surface area contributed by atoms with Gasteiger partial charge < -0.3 is 9.87 Å². The van der Waals surface area contributed by atoms with Crippen molar-refractivity contribution >= 4 is 38.6 Å². The fourth-order valence-corrected chi connectivity index (χ4v) is 2.92. The van der Waals surface area contributed by atoms with E-state index in [0.29, 0.717) is 16.6 Å². The van der Waals surface area contributed by atoms with Crippen molar-refractivity contribution in [2.45, 2.75) is 24.2 Å². The number of rotatable bonds is 1. The summed E-state index contributed by atoms with van der Waals surface area (Å²) in [5.41, 5.74) is 1.57. The molecule has 0 bridgehead atoms. The second kappa shape index (κ2) is 6.45. The van der Waals surface area contributed by atoms with Crippen LogP contribution in [-0.2, 0) is 22.3 Å². The number of amides is 1. The molecule has 1 atom stereocenters. The summed E-state index contributed by atoms with van der Waals surface area (Å²) in [6, 6.07) is 3.25. The van der Waals surface area contributed by atoms with E-state index in [1.165, 1.54) is 6.07 Å². The maximum Gasteiger partial charge on any atom is 1.00 e. The van der Waals surface area contributed by atoms with Crippen molar-refractivity contribution in [2.75, 3.05) is 5.32 Å². The number of fused-ring (bicyclic) bond motifs is 1. The summed E-state index contributed by atoms with van der Waals surface area (Å²) in [5, 5.41) is 2.71. The monoisotopic (exact) mass is 325 g/mol. The van der Waals surface area contributed by atoms with E-state index < -0.39 is 11.1 Å². The smallest absolute Gasteiger partial charge is 0.768 e. The number of aryl methyl sites for hydroxylation is 1. The average molecular weight is 326 g/mol. The first-order chi connectivity index (χ1) is 7.58. The molecule has 1 N–H and O–H groups in total. The van der Waals surface area contributed by atoms with Crippen molar-refractivity contribution in [3.05, 3.63) is 22.2 Å². The van der Waals surface area contributed by atoms with E-state index in [-0.39, 0.29) is 40.4 Å². The van der Waals surface area contributed by atoms with Crippen LogP contribution in [0.5, 0.6) is 0 Å². The maximum atomic E-state index is 11.3. The quantitative estimate of drug-likeness (QED) is 0.530. The Balaban J connectivity index is 0.00000144. The molecule has 17 heavy (non-hydrogen) atoms. The molecule has 1 aromatic rings. The SMILES string of the molecule is O=C1CCCc2cc(Br)c(S(=O)[O-])cc2N1.[Na+]. The van der Waals surface area contributed by atoms with Gasteiger partial charge in [0.15, 0.2) is 0 Å². The molecular weight excluding hydrogens is 317 g/mol. The number of anilines is 1. The van der Waals surface area contributed by atoms with Crippen molar-refractivity contribution in [3.63, 3.8) is 0 Å². The second-order valence-corrected chi connectivity index (χ2v) is 5.34. The van der Waals surface area contributed by atoms with Gasteiger partial charge in [-0.3, -0.25) is 9.00 Å².